The zero-order chi connectivity index (χ0) is 20.7. The number of hydrogen-bond acceptors (Lipinski definition) is 5. The van der Waals surface area contributed by atoms with E-state index in [0.717, 1.165) is 11.3 Å². The molecule has 2 rings (SSSR count). The quantitative estimate of drug-likeness (QED) is 0.615. The van der Waals surface area contributed by atoms with Gasteiger partial charge in [-0.1, -0.05) is 26.0 Å². The fourth-order valence-corrected chi connectivity index (χ4v) is 3.03. The van der Waals surface area contributed by atoms with Crippen LogP contribution in [0.1, 0.15) is 38.4 Å². The molecule has 1 aromatic heterocycles. The van der Waals surface area contributed by atoms with Gasteiger partial charge in [0.2, 0.25) is 0 Å². The van der Waals surface area contributed by atoms with Crippen molar-refractivity contribution in [2.75, 3.05) is 7.11 Å². The van der Waals surface area contributed by atoms with E-state index in [9.17, 15) is 14.7 Å². The zero-order valence-electron chi connectivity index (χ0n) is 16.9. The number of carbonyl (C=O) groups is 2. The molecule has 0 saturated heterocycles. The van der Waals surface area contributed by atoms with E-state index in [-0.39, 0.29) is 12.2 Å². The van der Waals surface area contributed by atoms with Gasteiger partial charge in [0, 0.05) is 19.2 Å². The first-order valence-electron chi connectivity index (χ1n) is 9.41. The van der Waals surface area contributed by atoms with E-state index in [0.29, 0.717) is 24.6 Å². The highest BCUT2D eigenvalue weighted by Crippen LogP contribution is 2.13. The van der Waals surface area contributed by atoms with Gasteiger partial charge < -0.3 is 14.4 Å². The Morgan fingerprint density at radius 3 is 2.43 bits per heavy atom. The molecular weight excluding hydrogens is 358 g/mol. The van der Waals surface area contributed by atoms with Crippen LogP contribution in [0.2, 0.25) is 0 Å². The van der Waals surface area contributed by atoms with E-state index >= 15 is 0 Å². The van der Waals surface area contributed by atoms with E-state index < -0.39 is 18.1 Å². The number of methoxy groups -OCH3 is 1. The van der Waals surface area contributed by atoms with Crippen LogP contribution in [0.3, 0.4) is 0 Å². The summed E-state index contributed by atoms with van der Waals surface area (Å²) in [7, 11) is 1.63. The summed E-state index contributed by atoms with van der Waals surface area (Å²) in [6.07, 6.45) is 4.35. The van der Waals surface area contributed by atoms with Crippen molar-refractivity contribution >= 4 is 11.8 Å². The Morgan fingerprint density at radius 2 is 1.89 bits per heavy atom. The molecule has 0 fully saturated rings. The van der Waals surface area contributed by atoms with Gasteiger partial charge in [0.25, 0.3) is 0 Å². The predicted octanol–water partition coefficient (Wildman–Crippen LogP) is 2.53. The summed E-state index contributed by atoms with van der Waals surface area (Å²) in [5.74, 6) is 0.0520. The maximum absolute atomic E-state index is 11.9. The number of imidazole rings is 1. The van der Waals surface area contributed by atoms with Crippen LogP contribution in [-0.4, -0.2) is 45.6 Å². The van der Waals surface area contributed by atoms with E-state index in [2.05, 4.69) is 10.3 Å². The third-order valence-corrected chi connectivity index (χ3v) is 4.52. The minimum atomic E-state index is -0.986. The molecule has 152 valence electrons. The van der Waals surface area contributed by atoms with Crippen molar-refractivity contribution in [1.29, 1.82) is 0 Å². The van der Waals surface area contributed by atoms with Crippen LogP contribution in [0.25, 0.3) is 0 Å². The number of nitrogens with zero attached hydrogens (tertiary/aromatic N) is 2. The lowest BCUT2D eigenvalue weighted by molar-refractivity contribution is -0.139. The Hall–Kier alpha value is -2.67. The molecule has 0 aliphatic heterocycles. The summed E-state index contributed by atoms with van der Waals surface area (Å²) in [5, 5.41) is 12.6. The van der Waals surface area contributed by atoms with Crippen LogP contribution >= 0.6 is 0 Å². The van der Waals surface area contributed by atoms with E-state index in [1.165, 1.54) is 6.92 Å². The second kappa shape index (κ2) is 10.0. The predicted molar refractivity (Wildman–Crippen MR) is 107 cm³/mol. The standard InChI is InChI=1S/C21H29N3O4/c1-14(2)9-19(15(3)25)23-20(21(26)27)10-17-12-24(13-22-17)11-16-5-7-18(28-4)8-6-16/h5-8,12-14,19-20,23H,9-11H2,1-4H3,(H,26,27)/t19?,20-/m0/s1. The Kier molecular flexibility index (Phi) is 7.75. The summed E-state index contributed by atoms with van der Waals surface area (Å²) in [5.41, 5.74) is 1.76. The van der Waals surface area contributed by atoms with Crippen molar-refractivity contribution in [3.63, 3.8) is 0 Å². The average Bonchev–Trinajstić information content (AvgIpc) is 3.07. The molecule has 7 nitrogen and oxygen atoms in total. The number of rotatable bonds is 11. The lowest BCUT2D eigenvalue weighted by Crippen LogP contribution is -2.48. The van der Waals surface area contributed by atoms with Gasteiger partial charge in [-0.25, -0.2) is 4.98 Å². The SMILES string of the molecule is COc1ccc(Cn2cnc(C[C@H](NC(CC(C)C)C(C)=O)C(=O)O)c2)cc1. The smallest absolute Gasteiger partial charge is 0.321 e. The highest BCUT2D eigenvalue weighted by molar-refractivity contribution is 5.82. The van der Waals surface area contributed by atoms with Crippen LogP contribution in [0.4, 0.5) is 0 Å². The van der Waals surface area contributed by atoms with Gasteiger partial charge in [0.15, 0.2) is 0 Å². The van der Waals surface area contributed by atoms with Gasteiger partial charge >= 0.3 is 5.97 Å². The molecular formula is C21H29N3O4. The Balaban J connectivity index is 2.03. The number of hydrogen-bond donors (Lipinski definition) is 2. The fraction of sp³-hybridized carbons (Fsp3) is 0.476. The van der Waals surface area contributed by atoms with Crippen LogP contribution in [0.5, 0.6) is 5.75 Å². The van der Waals surface area contributed by atoms with Gasteiger partial charge in [-0.05, 0) is 37.0 Å². The number of carboxylic acid groups (broad SMARTS) is 1. The Morgan fingerprint density at radius 1 is 1.21 bits per heavy atom. The van der Waals surface area contributed by atoms with Crippen molar-refractivity contribution in [2.45, 2.75) is 52.2 Å². The topological polar surface area (TPSA) is 93.5 Å². The third kappa shape index (κ3) is 6.49. The minimum Gasteiger partial charge on any atom is -0.497 e. The van der Waals surface area contributed by atoms with E-state index in [4.69, 9.17) is 4.74 Å². The molecule has 0 aliphatic rings. The van der Waals surface area contributed by atoms with Crippen LogP contribution < -0.4 is 10.1 Å². The summed E-state index contributed by atoms with van der Waals surface area (Å²) in [4.78, 5) is 27.9. The molecule has 1 heterocycles. The molecule has 0 amide bonds. The molecule has 2 N–H and O–H groups in total. The molecule has 0 bridgehead atoms. The van der Waals surface area contributed by atoms with Gasteiger partial charge in [-0.3, -0.25) is 14.9 Å². The summed E-state index contributed by atoms with van der Waals surface area (Å²) in [6.45, 7) is 6.14. The fourth-order valence-electron chi connectivity index (χ4n) is 3.03. The first kappa shape index (κ1) is 21.6. The first-order valence-corrected chi connectivity index (χ1v) is 9.41. The number of carbonyl (C=O) groups excluding carboxylic acids is 1. The zero-order valence-corrected chi connectivity index (χ0v) is 16.9. The van der Waals surface area contributed by atoms with Crippen LogP contribution in [-0.2, 0) is 22.6 Å². The van der Waals surface area contributed by atoms with Crippen molar-refractivity contribution in [1.82, 2.24) is 14.9 Å². The molecule has 0 spiro atoms. The van der Waals surface area contributed by atoms with Crippen LogP contribution in [0, 0.1) is 5.92 Å². The third-order valence-electron chi connectivity index (χ3n) is 4.52. The molecule has 0 saturated carbocycles. The maximum atomic E-state index is 11.9. The number of ether oxygens (including phenoxy) is 1. The van der Waals surface area contributed by atoms with Crippen molar-refractivity contribution < 1.29 is 19.4 Å². The Bertz CT molecular complexity index is 783. The van der Waals surface area contributed by atoms with Gasteiger partial charge in [-0.15, -0.1) is 0 Å². The molecule has 28 heavy (non-hydrogen) atoms. The van der Waals surface area contributed by atoms with Crippen molar-refractivity contribution in [3.05, 3.63) is 48.0 Å². The lowest BCUT2D eigenvalue weighted by Gasteiger charge is -2.22. The number of Topliss-reactive ketones (excluding diaryl/α,β-unsaturated/α-hetero) is 1. The molecule has 0 radical (unpaired) electrons. The monoisotopic (exact) mass is 387 g/mol. The second-order valence-corrected chi connectivity index (χ2v) is 7.44. The number of benzene rings is 1. The number of ketones is 1. The average molecular weight is 387 g/mol. The Labute approximate surface area is 165 Å². The largest absolute Gasteiger partial charge is 0.497 e. The van der Waals surface area contributed by atoms with Crippen molar-refractivity contribution in [3.8, 4) is 5.75 Å². The first-order chi connectivity index (χ1) is 13.3. The minimum absolute atomic E-state index is 0.0509. The highest BCUT2D eigenvalue weighted by Gasteiger charge is 2.25. The molecule has 1 unspecified atom stereocenters. The van der Waals surface area contributed by atoms with E-state index in [1.54, 1.807) is 13.4 Å². The van der Waals surface area contributed by atoms with E-state index in [1.807, 2.05) is 48.9 Å². The van der Waals surface area contributed by atoms with Gasteiger partial charge in [0.1, 0.15) is 17.6 Å². The number of carboxylic acids is 1. The molecule has 0 aliphatic carbocycles. The highest BCUT2D eigenvalue weighted by atomic mass is 16.5. The number of aromatic nitrogens is 2. The second-order valence-electron chi connectivity index (χ2n) is 7.44. The van der Waals surface area contributed by atoms with Gasteiger partial charge in [-0.2, -0.15) is 0 Å². The normalized spacial score (nSPS) is 13.3. The lowest BCUT2D eigenvalue weighted by atomic mass is 9.99. The summed E-state index contributed by atoms with van der Waals surface area (Å²) < 4.78 is 7.07. The molecule has 1 aromatic carbocycles. The number of aliphatic carboxylic acids is 1. The maximum Gasteiger partial charge on any atom is 0.321 e. The van der Waals surface area contributed by atoms with Crippen molar-refractivity contribution in [2.24, 2.45) is 5.92 Å². The molecule has 2 atom stereocenters. The van der Waals surface area contributed by atoms with Gasteiger partial charge in [0.05, 0.1) is 25.2 Å². The molecule has 2 aromatic rings. The summed E-state index contributed by atoms with van der Waals surface area (Å²) in [6, 6.07) is 6.41. The van der Waals surface area contributed by atoms with Crippen LogP contribution in [0.15, 0.2) is 36.8 Å². The number of nitrogens with one attached hydrogen (secondary N) is 1. The summed E-state index contributed by atoms with van der Waals surface area (Å²) >= 11 is 0. The molecule has 7 heteroatoms.